The van der Waals surface area contributed by atoms with E-state index in [1.54, 1.807) is 24.3 Å². The highest BCUT2D eigenvalue weighted by atomic mass is 35.5. The van der Waals surface area contributed by atoms with E-state index in [0.717, 1.165) is 11.1 Å². The third kappa shape index (κ3) is 4.31. The summed E-state index contributed by atoms with van der Waals surface area (Å²) in [5.41, 5.74) is 2.27. The number of hydrogen-bond acceptors (Lipinski definition) is 4. The fourth-order valence-corrected chi connectivity index (χ4v) is 4.53. The highest BCUT2D eigenvalue weighted by Gasteiger charge is 2.44. The highest BCUT2D eigenvalue weighted by molar-refractivity contribution is 6.30. The van der Waals surface area contributed by atoms with Crippen molar-refractivity contribution in [1.82, 2.24) is 4.90 Å². The minimum Gasteiger partial charge on any atom is -0.493 e. The molecule has 0 atom stereocenters. The number of aryl methyl sites for hydroxylation is 2. The van der Waals surface area contributed by atoms with Gasteiger partial charge >= 0.3 is 0 Å². The van der Waals surface area contributed by atoms with Crippen molar-refractivity contribution in [3.63, 3.8) is 0 Å². The predicted octanol–water partition coefficient (Wildman–Crippen LogP) is 4.75. The highest BCUT2D eigenvalue weighted by Crippen LogP contribution is 2.41. The number of halogens is 1. The van der Waals surface area contributed by atoms with E-state index in [4.69, 9.17) is 21.1 Å². The summed E-state index contributed by atoms with van der Waals surface area (Å²) in [5.74, 6) is 1.60. The van der Waals surface area contributed by atoms with Crippen LogP contribution in [-0.4, -0.2) is 41.9 Å². The summed E-state index contributed by atoms with van der Waals surface area (Å²) in [7, 11) is 0. The van der Waals surface area contributed by atoms with Crippen molar-refractivity contribution >= 4 is 23.3 Å². The van der Waals surface area contributed by atoms with E-state index >= 15 is 0 Å². The summed E-state index contributed by atoms with van der Waals surface area (Å²) in [5, 5.41) is 0.650. The average Bonchev–Trinajstić information content (AvgIpc) is 2.69. The molecule has 2 aromatic carbocycles. The van der Waals surface area contributed by atoms with Gasteiger partial charge in [-0.15, -0.1) is 0 Å². The molecule has 0 N–H and O–H groups in total. The first-order valence-corrected chi connectivity index (χ1v) is 10.7. The molecule has 1 fully saturated rings. The van der Waals surface area contributed by atoms with E-state index in [2.05, 4.69) is 0 Å². The second kappa shape index (κ2) is 8.31. The molecule has 0 unspecified atom stereocenters. The number of benzene rings is 2. The number of likely N-dealkylation sites (tertiary alicyclic amines) is 1. The monoisotopic (exact) mass is 427 g/mol. The van der Waals surface area contributed by atoms with E-state index in [0.29, 0.717) is 67.5 Å². The molecule has 1 spiro atoms. The van der Waals surface area contributed by atoms with Crippen LogP contribution < -0.4 is 9.47 Å². The molecule has 2 aliphatic heterocycles. The van der Waals surface area contributed by atoms with Crippen molar-refractivity contribution < 1.29 is 19.1 Å². The molecule has 0 aromatic heterocycles. The number of carbonyl (C=O) groups excluding carboxylic acids is 2. The van der Waals surface area contributed by atoms with Crippen LogP contribution in [-0.2, 0) is 4.79 Å². The zero-order chi connectivity index (χ0) is 21.3. The van der Waals surface area contributed by atoms with Crippen molar-refractivity contribution in [2.75, 3.05) is 19.7 Å². The molecule has 2 aliphatic rings. The summed E-state index contributed by atoms with van der Waals surface area (Å²) < 4.78 is 12.0. The van der Waals surface area contributed by atoms with Gasteiger partial charge in [0.1, 0.15) is 17.1 Å². The zero-order valence-corrected chi connectivity index (χ0v) is 18.1. The second-order valence-corrected chi connectivity index (χ2v) is 8.71. The van der Waals surface area contributed by atoms with Crippen LogP contribution in [0.2, 0.25) is 5.02 Å². The summed E-state index contributed by atoms with van der Waals surface area (Å²) in [6.45, 7) is 5.47. The smallest absolute Gasteiger partial charge is 0.226 e. The normalized spacial score (nSPS) is 17.4. The molecule has 2 heterocycles. The SMILES string of the molecule is Cc1cc(C)c2c(c1)OC1(CCN(C(=O)CCOc3ccc(Cl)cc3)CC1)CC2=O. The van der Waals surface area contributed by atoms with Crippen LogP contribution in [0.25, 0.3) is 0 Å². The summed E-state index contributed by atoms with van der Waals surface area (Å²) >= 11 is 5.86. The number of ketones is 1. The van der Waals surface area contributed by atoms with E-state index < -0.39 is 5.60 Å². The Morgan fingerprint density at radius 2 is 1.87 bits per heavy atom. The number of hydrogen-bond donors (Lipinski definition) is 0. The van der Waals surface area contributed by atoms with Crippen LogP contribution in [0.15, 0.2) is 36.4 Å². The van der Waals surface area contributed by atoms with Gasteiger partial charge in [-0.3, -0.25) is 9.59 Å². The number of Topliss-reactive ketones (excluding diaryl/α,β-unsaturated/α-hetero) is 1. The van der Waals surface area contributed by atoms with Crippen molar-refractivity contribution in [3.8, 4) is 11.5 Å². The number of rotatable bonds is 4. The van der Waals surface area contributed by atoms with Gasteiger partial charge in [-0.2, -0.15) is 0 Å². The molecule has 0 radical (unpaired) electrons. The van der Waals surface area contributed by atoms with E-state index in [9.17, 15) is 9.59 Å². The predicted molar refractivity (Wildman–Crippen MR) is 116 cm³/mol. The van der Waals surface area contributed by atoms with Gasteiger partial charge in [0.2, 0.25) is 5.91 Å². The Bertz CT molecular complexity index is 962. The standard InChI is InChI=1S/C24H26ClNO4/c1-16-13-17(2)23-20(27)15-24(30-21(23)14-16)8-10-26(11-9-24)22(28)7-12-29-19-5-3-18(25)4-6-19/h3-6,13-14H,7-12,15H2,1-2H3. The number of nitrogens with zero attached hydrogens (tertiary/aromatic N) is 1. The maximum absolute atomic E-state index is 12.8. The van der Waals surface area contributed by atoms with Gasteiger partial charge in [-0.25, -0.2) is 0 Å². The maximum Gasteiger partial charge on any atom is 0.226 e. The number of fused-ring (bicyclic) bond motifs is 1. The minimum atomic E-state index is -0.499. The Morgan fingerprint density at radius 3 is 2.57 bits per heavy atom. The lowest BCUT2D eigenvalue weighted by molar-refractivity contribution is -0.135. The molecule has 5 nitrogen and oxygen atoms in total. The van der Waals surface area contributed by atoms with Crippen LogP contribution >= 0.6 is 11.6 Å². The Labute approximate surface area is 181 Å². The number of ether oxygens (including phenoxy) is 2. The van der Waals surface area contributed by atoms with Crippen LogP contribution in [0.3, 0.4) is 0 Å². The average molecular weight is 428 g/mol. The second-order valence-electron chi connectivity index (χ2n) is 8.27. The largest absolute Gasteiger partial charge is 0.493 e. The fourth-order valence-electron chi connectivity index (χ4n) is 4.40. The molecule has 0 bridgehead atoms. The van der Waals surface area contributed by atoms with E-state index in [1.165, 1.54) is 0 Å². The van der Waals surface area contributed by atoms with Crippen molar-refractivity contribution in [2.45, 2.75) is 45.1 Å². The lowest BCUT2D eigenvalue weighted by Crippen LogP contribution is -2.52. The lowest BCUT2D eigenvalue weighted by Gasteiger charge is -2.44. The van der Waals surface area contributed by atoms with Gasteiger partial charge < -0.3 is 14.4 Å². The third-order valence-corrected chi connectivity index (χ3v) is 6.21. The first kappa shape index (κ1) is 20.7. The molecule has 1 amide bonds. The molecular weight excluding hydrogens is 402 g/mol. The molecular formula is C24H26ClNO4. The van der Waals surface area contributed by atoms with Gasteiger partial charge in [0, 0.05) is 31.0 Å². The summed E-state index contributed by atoms with van der Waals surface area (Å²) in [6.07, 6.45) is 2.02. The fraction of sp³-hybridized carbons (Fsp3) is 0.417. The molecule has 0 saturated carbocycles. The van der Waals surface area contributed by atoms with Crippen LogP contribution in [0.5, 0.6) is 11.5 Å². The molecule has 30 heavy (non-hydrogen) atoms. The van der Waals surface area contributed by atoms with E-state index in [-0.39, 0.29) is 11.7 Å². The molecule has 6 heteroatoms. The van der Waals surface area contributed by atoms with Crippen molar-refractivity contribution in [1.29, 1.82) is 0 Å². The lowest BCUT2D eigenvalue weighted by atomic mass is 9.81. The van der Waals surface area contributed by atoms with Crippen LogP contribution in [0.4, 0.5) is 0 Å². The third-order valence-electron chi connectivity index (χ3n) is 5.96. The first-order chi connectivity index (χ1) is 14.3. The molecule has 158 valence electrons. The molecule has 0 aliphatic carbocycles. The van der Waals surface area contributed by atoms with Gasteiger partial charge in [-0.05, 0) is 55.3 Å². The molecule has 1 saturated heterocycles. The van der Waals surface area contributed by atoms with Crippen LogP contribution in [0, 0.1) is 13.8 Å². The Kier molecular flexibility index (Phi) is 5.74. The minimum absolute atomic E-state index is 0.0630. The molecule has 4 rings (SSSR count). The van der Waals surface area contributed by atoms with Gasteiger partial charge in [-0.1, -0.05) is 17.7 Å². The summed E-state index contributed by atoms with van der Waals surface area (Å²) in [6, 6.07) is 11.1. The van der Waals surface area contributed by atoms with E-state index in [1.807, 2.05) is 30.9 Å². The van der Waals surface area contributed by atoms with Gasteiger partial charge in [0.05, 0.1) is 25.0 Å². The number of piperidine rings is 1. The van der Waals surface area contributed by atoms with Crippen molar-refractivity contribution in [2.24, 2.45) is 0 Å². The Balaban J connectivity index is 1.32. The Hall–Kier alpha value is -2.53. The first-order valence-electron chi connectivity index (χ1n) is 10.3. The topological polar surface area (TPSA) is 55.8 Å². The van der Waals surface area contributed by atoms with Gasteiger partial charge in [0.15, 0.2) is 5.78 Å². The molecule has 2 aromatic rings. The maximum atomic E-state index is 12.8. The van der Waals surface area contributed by atoms with Crippen LogP contribution in [0.1, 0.15) is 47.2 Å². The van der Waals surface area contributed by atoms with Crippen molar-refractivity contribution in [3.05, 3.63) is 58.1 Å². The number of amides is 1. The zero-order valence-electron chi connectivity index (χ0n) is 17.4. The number of carbonyl (C=O) groups is 2. The van der Waals surface area contributed by atoms with Gasteiger partial charge in [0.25, 0.3) is 0 Å². The summed E-state index contributed by atoms with van der Waals surface area (Å²) in [4.78, 5) is 27.2. The Morgan fingerprint density at radius 1 is 1.17 bits per heavy atom. The quantitative estimate of drug-likeness (QED) is 0.706.